The molecule has 0 aliphatic heterocycles. The molecule has 3 aliphatic rings. The number of nitrogens with zero attached hydrogens (tertiary/aromatic N) is 2. The summed E-state index contributed by atoms with van der Waals surface area (Å²) in [5, 5.41) is 50.3. The highest BCUT2D eigenvalue weighted by molar-refractivity contribution is 6.25. The van der Waals surface area contributed by atoms with E-state index >= 15 is 0 Å². The highest BCUT2D eigenvalue weighted by Crippen LogP contribution is 2.54. The molecule has 0 spiro atoms. The fourth-order valence-electron chi connectivity index (χ4n) is 6.82. The maximum Gasteiger partial charge on any atom is 0.573 e. The summed E-state index contributed by atoms with van der Waals surface area (Å²) in [7, 11) is 6.34. The number of phenolic OH excluding ortho intramolecular Hbond substituents is 1. The number of primary amides is 1. The molecule has 256 valence electrons. The summed E-state index contributed by atoms with van der Waals surface area (Å²) < 4.78 is 41.2. The second-order valence-electron chi connectivity index (χ2n) is 12.2. The molecule has 0 saturated carbocycles. The average molecular weight is 676 g/mol. The number of halogens is 3. The molecule has 4 atom stereocenters. The third kappa shape index (κ3) is 5.53. The van der Waals surface area contributed by atoms with Gasteiger partial charge >= 0.3 is 12.4 Å². The van der Waals surface area contributed by atoms with Gasteiger partial charge in [-0.05, 0) is 68.8 Å². The van der Waals surface area contributed by atoms with Gasteiger partial charge in [0.05, 0.1) is 17.3 Å². The van der Waals surface area contributed by atoms with Crippen molar-refractivity contribution in [1.82, 2.24) is 4.90 Å². The number of aliphatic hydroxyl groups is 3. The third-order valence-corrected chi connectivity index (χ3v) is 8.77. The van der Waals surface area contributed by atoms with Crippen LogP contribution in [0.1, 0.15) is 22.3 Å². The number of fused-ring (bicyclic) bond motifs is 3. The summed E-state index contributed by atoms with van der Waals surface area (Å²) in [5.74, 6) is -8.61. The number of likely N-dealkylation sites (N-methyl/N-ethyl adjacent to an activating group) is 1. The van der Waals surface area contributed by atoms with Crippen molar-refractivity contribution in [3.63, 3.8) is 0 Å². The minimum absolute atomic E-state index is 0.0223. The molecule has 2 aromatic carbocycles. The number of allylic oxidation sites excluding steroid dienone is 1. The second-order valence-corrected chi connectivity index (χ2v) is 12.2. The Morgan fingerprint density at radius 2 is 1.67 bits per heavy atom. The molecule has 3 amide bonds. The van der Waals surface area contributed by atoms with E-state index in [4.69, 9.17) is 5.73 Å². The lowest BCUT2D eigenvalue weighted by Gasteiger charge is -2.50. The van der Waals surface area contributed by atoms with Crippen molar-refractivity contribution < 1.29 is 57.5 Å². The normalized spacial score (nSPS) is 23.7. The zero-order chi connectivity index (χ0) is 35.6. The molecule has 0 aromatic heterocycles. The van der Waals surface area contributed by atoms with Gasteiger partial charge in [0.25, 0.3) is 5.91 Å². The number of aliphatic hydroxyl groups excluding tert-OH is 2. The smallest absolute Gasteiger partial charge is 0.510 e. The van der Waals surface area contributed by atoms with E-state index in [0.717, 1.165) is 24.3 Å². The molecule has 2 aromatic rings. The summed E-state index contributed by atoms with van der Waals surface area (Å²) >= 11 is 0. The number of benzene rings is 2. The van der Waals surface area contributed by atoms with Crippen molar-refractivity contribution in [2.75, 3.05) is 43.7 Å². The van der Waals surface area contributed by atoms with Crippen LogP contribution in [-0.4, -0.2) is 95.0 Å². The molecule has 0 saturated heterocycles. The van der Waals surface area contributed by atoms with Crippen LogP contribution in [-0.2, 0) is 16.0 Å². The maximum atomic E-state index is 14.1. The number of ketones is 2. The van der Waals surface area contributed by atoms with Gasteiger partial charge in [-0.25, -0.2) is 4.79 Å². The quantitative estimate of drug-likeness (QED) is 0.175. The number of hydrogen-bond donors (Lipinski definition) is 7. The van der Waals surface area contributed by atoms with Gasteiger partial charge in [0.15, 0.2) is 17.1 Å². The van der Waals surface area contributed by atoms with Gasteiger partial charge in [-0.2, -0.15) is 0 Å². The Kier molecular flexibility index (Phi) is 8.33. The Bertz CT molecular complexity index is 1800. The number of ether oxygens (including phenoxy) is 1. The Balaban J connectivity index is 1.54. The number of nitrogens with one attached hydrogen (secondary N) is 2. The van der Waals surface area contributed by atoms with E-state index < -0.39 is 81.9 Å². The van der Waals surface area contributed by atoms with Gasteiger partial charge in [0, 0.05) is 37.0 Å². The maximum absolute atomic E-state index is 14.1. The monoisotopic (exact) mass is 675 g/mol. The lowest BCUT2D eigenvalue weighted by Crippen LogP contribution is -2.63. The largest absolute Gasteiger partial charge is 0.573 e. The average Bonchev–Trinajstić information content (AvgIpc) is 2.96. The minimum atomic E-state index is -4.91. The Labute approximate surface area is 270 Å². The molecule has 14 nitrogen and oxygen atoms in total. The van der Waals surface area contributed by atoms with Gasteiger partial charge in [0.1, 0.15) is 22.8 Å². The van der Waals surface area contributed by atoms with E-state index in [2.05, 4.69) is 15.4 Å². The zero-order valence-electron chi connectivity index (χ0n) is 26.0. The van der Waals surface area contributed by atoms with E-state index in [0.29, 0.717) is 11.3 Å². The molecule has 0 fully saturated rings. The molecular formula is C31H32F3N5O9. The number of rotatable bonds is 6. The van der Waals surface area contributed by atoms with Crippen molar-refractivity contribution >= 4 is 40.6 Å². The van der Waals surface area contributed by atoms with Crippen LogP contribution in [0, 0.1) is 11.8 Å². The van der Waals surface area contributed by atoms with Crippen molar-refractivity contribution in [3.8, 4) is 11.5 Å². The number of hydrogen-bond acceptors (Lipinski definition) is 11. The predicted octanol–water partition coefficient (Wildman–Crippen LogP) is 2.73. The molecule has 8 N–H and O–H groups in total. The topological polar surface area (TPSA) is 215 Å². The van der Waals surface area contributed by atoms with E-state index in [9.17, 15) is 52.8 Å². The van der Waals surface area contributed by atoms with Crippen LogP contribution < -0.4 is 26.0 Å². The van der Waals surface area contributed by atoms with Gasteiger partial charge in [-0.1, -0.05) is 0 Å². The molecule has 5 rings (SSSR count). The number of carbonyl (C=O) groups is 4. The third-order valence-electron chi connectivity index (χ3n) is 8.77. The first-order valence-electron chi connectivity index (χ1n) is 14.4. The first-order chi connectivity index (χ1) is 22.3. The van der Waals surface area contributed by atoms with Crippen molar-refractivity contribution in [2.45, 2.75) is 30.8 Å². The van der Waals surface area contributed by atoms with Gasteiger partial charge < -0.3 is 46.4 Å². The SMILES string of the molecule is CN(C)c1cc(NC(=O)Nc2ccc(OC(F)(F)F)cc2)c(O)c2c1C[C@H]1C[C@H]3[C@H](N(C)C)C(O)=C(C(N)=O)C(=O)[C@@]3(O)C(O)=C1C2=O. The number of urea groups is 1. The Morgan fingerprint density at radius 1 is 1.04 bits per heavy atom. The van der Waals surface area contributed by atoms with Crippen LogP contribution in [0.5, 0.6) is 11.5 Å². The fraction of sp³-hybridized carbons (Fsp3) is 0.355. The number of anilines is 3. The number of phenols is 1. The first kappa shape index (κ1) is 34.1. The van der Waals surface area contributed by atoms with E-state index in [1.807, 2.05) is 0 Å². The first-order valence-corrected chi connectivity index (χ1v) is 14.4. The van der Waals surface area contributed by atoms with Crippen molar-refractivity contribution in [1.29, 1.82) is 0 Å². The molecule has 3 aliphatic carbocycles. The highest BCUT2D eigenvalue weighted by Gasteiger charge is 2.63. The van der Waals surface area contributed by atoms with Crippen LogP contribution in [0.3, 0.4) is 0 Å². The molecule has 0 radical (unpaired) electrons. The number of alkyl halides is 3. The van der Waals surface area contributed by atoms with Crippen LogP contribution >= 0.6 is 0 Å². The number of aromatic hydroxyl groups is 1. The van der Waals surface area contributed by atoms with Gasteiger partial charge in [0.2, 0.25) is 5.78 Å². The predicted molar refractivity (Wildman–Crippen MR) is 164 cm³/mol. The van der Waals surface area contributed by atoms with Crippen molar-refractivity contribution in [3.05, 3.63) is 64.1 Å². The number of amides is 3. The second kappa shape index (κ2) is 11.7. The highest BCUT2D eigenvalue weighted by atomic mass is 19.4. The van der Waals surface area contributed by atoms with E-state index in [1.165, 1.54) is 25.1 Å². The summed E-state index contributed by atoms with van der Waals surface area (Å²) in [4.78, 5) is 55.7. The molecule has 0 bridgehead atoms. The number of Topliss-reactive ketones (excluding diaryl/α,β-unsaturated/α-hetero) is 2. The molecular weight excluding hydrogens is 643 g/mol. The fourth-order valence-corrected chi connectivity index (χ4v) is 6.82. The van der Waals surface area contributed by atoms with Crippen LogP contribution in [0.2, 0.25) is 0 Å². The molecule has 0 unspecified atom stereocenters. The summed E-state index contributed by atoms with van der Waals surface area (Å²) in [5.41, 5.74) is 1.45. The van der Waals surface area contributed by atoms with E-state index in [1.54, 1.807) is 19.0 Å². The van der Waals surface area contributed by atoms with Gasteiger partial charge in [-0.15, -0.1) is 13.2 Å². The summed E-state index contributed by atoms with van der Waals surface area (Å²) in [6.45, 7) is 0. The summed E-state index contributed by atoms with van der Waals surface area (Å²) in [6, 6.07) is 3.55. The molecule has 17 heteroatoms. The lowest BCUT2D eigenvalue weighted by atomic mass is 9.58. The lowest BCUT2D eigenvalue weighted by molar-refractivity contribution is -0.274. The number of carbonyl (C=O) groups excluding carboxylic acids is 4. The minimum Gasteiger partial charge on any atom is -0.510 e. The Hall–Kier alpha value is -5.29. The standard InChI is InChI=1S/C31H32F3N5O9/c1-38(2)18-11-17(37-29(46)36-13-5-7-14(8-6-13)48-31(32,33)34)23(40)20-15(18)9-12-10-16-22(39(3)4)25(42)21(28(35)45)27(44)30(16,47)26(43)19(12)24(20)41/h5-8,11-12,16,22,40,42-43,47H,9-10H2,1-4H3,(H2,35,45)(H2,36,37,46)/t12-,16-,22-,30-/m0/s1. The van der Waals surface area contributed by atoms with E-state index in [-0.39, 0.29) is 35.4 Å². The van der Waals surface area contributed by atoms with Crippen LogP contribution in [0.4, 0.5) is 35.0 Å². The number of nitrogens with two attached hydrogens (primary N) is 1. The Morgan fingerprint density at radius 3 is 2.21 bits per heavy atom. The molecule has 0 heterocycles. The van der Waals surface area contributed by atoms with Crippen LogP contribution in [0.25, 0.3) is 0 Å². The van der Waals surface area contributed by atoms with Crippen LogP contribution in [0.15, 0.2) is 53.0 Å². The zero-order valence-corrected chi connectivity index (χ0v) is 26.0. The molecule has 48 heavy (non-hydrogen) atoms. The van der Waals surface area contributed by atoms with Crippen molar-refractivity contribution in [2.24, 2.45) is 17.6 Å². The van der Waals surface area contributed by atoms with Gasteiger partial charge in [-0.3, -0.25) is 19.3 Å². The summed E-state index contributed by atoms with van der Waals surface area (Å²) in [6.07, 6.45) is -4.99.